The molecular weight excluding hydrogens is 342 g/mol. The van der Waals surface area contributed by atoms with Crippen LogP contribution in [0.15, 0.2) is 46.9 Å². The SMILES string of the molecule is COc1ccc(NCC(=O)NN=C(CCC(=O)O)c2cccs2)cc1. The normalized spacial score (nSPS) is 11.0. The standard InChI is InChI=1S/C17H19N3O4S/c1-24-13-6-4-12(5-7-13)18-11-16(21)20-19-14(8-9-17(22)23)15-3-2-10-25-15/h2-7,10,18H,8-9,11H2,1H3,(H,20,21)(H,22,23). The number of hydrogen-bond donors (Lipinski definition) is 3. The Labute approximate surface area is 149 Å². The molecule has 0 atom stereocenters. The highest BCUT2D eigenvalue weighted by atomic mass is 32.1. The van der Waals surface area contributed by atoms with Crippen LogP contribution in [0, 0.1) is 0 Å². The number of rotatable bonds is 9. The first-order chi connectivity index (χ1) is 12.1. The second-order valence-corrected chi connectivity index (χ2v) is 5.99. The van der Waals surface area contributed by atoms with Gasteiger partial charge in [0.2, 0.25) is 0 Å². The topological polar surface area (TPSA) is 100 Å². The van der Waals surface area contributed by atoms with Gasteiger partial charge >= 0.3 is 5.97 Å². The molecule has 0 radical (unpaired) electrons. The zero-order chi connectivity index (χ0) is 18.1. The molecule has 8 heteroatoms. The van der Waals surface area contributed by atoms with Crippen molar-refractivity contribution in [2.45, 2.75) is 12.8 Å². The van der Waals surface area contributed by atoms with E-state index in [9.17, 15) is 9.59 Å². The third kappa shape index (κ3) is 6.27. The zero-order valence-electron chi connectivity index (χ0n) is 13.7. The predicted molar refractivity (Wildman–Crippen MR) is 97.4 cm³/mol. The number of carboxylic acid groups (broad SMARTS) is 1. The maximum atomic E-state index is 11.9. The fourth-order valence-electron chi connectivity index (χ4n) is 1.96. The molecule has 1 aromatic heterocycles. The van der Waals surface area contributed by atoms with Gasteiger partial charge in [0.05, 0.1) is 30.7 Å². The molecule has 0 unspecified atom stereocenters. The number of anilines is 1. The Kier molecular flexibility index (Phi) is 6.97. The van der Waals surface area contributed by atoms with E-state index in [2.05, 4.69) is 15.8 Å². The third-order valence-electron chi connectivity index (χ3n) is 3.24. The quantitative estimate of drug-likeness (QED) is 0.471. The smallest absolute Gasteiger partial charge is 0.303 e. The lowest BCUT2D eigenvalue weighted by atomic mass is 10.2. The minimum absolute atomic E-state index is 0.0449. The number of aliphatic carboxylic acids is 1. The van der Waals surface area contributed by atoms with Gasteiger partial charge in [-0.25, -0.2) is 5.43 Å². The molecule has 0 fully saturated rings. The molecule has 2 aromatic rings. The summed E-state index contributed by atoms with van der Waals surface area (Å²) < 4.78 is 5.07. The van der Waals surface area contributed by atoms with Crippen molar-refractivity contribution in [3.8, 4) is 5.75 Å². The molecule has 0 bridgehead atoms. The fraction of sp³-hybridized carbons (Fsp3) is 0.235. The van der Waals surface area contributed by atoms with Crippen molar-refractivity contribution in [1.82, 2.24) is 5.43 Å². The molecule has 132 valence electrons. The van der Waals surface area contributed by atoms with Crippen molar-refractivity contribution in [2.24, 2.45) is 5.10 Å². The predicted octanol–water partition coefficient (Wildman–Crippen LogP) is 2.55. The van der Waals surface area contributed by atoms with Crippen LogP contribution < -0.4 is 15.5 Å². The van der Waals surface area contributed by atoms with Crippen molar-refractivity contribution in [1.29, 1.82) is 0 Å². The Morgan fingerprint density at radius 2 is 1.96 bits per heavy atom. The first kappa shape index (κ1) is 18.5. The first-order valence-corrected chi connectivity index (χ1v) is 8.45. The average molecular weight is 361 g/mol. The van der Waals surface area contributed by atoms with Crippen molar-refractivity contribution in [3.63, 3.8) is 0 Å². The van der Waals surface area contributed by atoms with Crippen molar-refractivity contribution in [3.05, 3.63) is 46.7 Å². The van der Waals surface area contributed by atoms with Crippen LogP contribution in [0.5, 0.6) is 5.75 Å². The Hall–Kier alpha value is -2.87. The van der Waals surface area contributed by atoms with Gasteiger partial charge in [0.1, 0.15) is 5.75 Å². The highest BCUT2D eigenvalue weighted by Gasteiger charge is 2.09. The monoisotopic (exact) mass is 361 g/mol. The molecular formula is C17H19N3O4S. The molecule has 2 rings (SSSR count). The lowest BCUT2D eigenvalue weighted by Crippen LogP contribution is -2.27. The number of methoxy groups -OCH3 is 1. The van der Waals surface area contributed by atoms with Gasteiger partial charge in [0.15, 0.2) is 0 Å². The Balaban J connectivity index is 1.89. The number of nitrogens with zero attached hydrogens (tertiary/aromatic N) is 1. The summed E-state index contributed by atoms with van der Waals surface area (Å²) in [6.45, 7) is 0.0481. The van der Waals surface area contributed by atoms with Crippen LogP contribution in [0.25, 0.3) is 0 Å². The Morgan fingerprint density at radius 3 is 2.56 bits per heavy atom. The van der Waals surface area contributed by atoms with Crippen LogP contribution >= 0.6 is 11.3 Å². The number of hydrazone groups is 1. The van der Waals surface area contributed by atoms with Gasteiger partial charge in [0, 0.05) is 12.1 Å². The Bertz CT molecular complexity index is 727. The number of carboxylic acids is 1. The molecule has 0 aliphatic carbocycles. The summed E-state index contributed by atoms with van der Waals surface area (Å²) in [6.07, 6.45) is 0.207. The van der Waals surface area contributed by atoms with Gasteiger partial charge in [-0.3, -0.25) is 9.59 Å². The highest BCUT2D eigenvalue weighted by molar-refractivity contribution is 7.12. The number of carbonyl (C=O) groups is 2. The van der Waals surface area contributed by atoms with Gasteiger partial charge in [-0.15, -0.1) is 11.3 Å². The minimum Gasteiger partial charge on any atom is -0.497 e. The van der Waals surface area contributed by atoms with Gasteiger partial charge in [0.25, 0.3) is 5.91 Å². The van der Waals surface area contributed by atoms with E-state index in [1.54, 1.807) is 31.4 Å². The average Bonchev–Trinajstić information content (AvgIpc) is 3.14. The van der Waals surface area contributed by atoms with E-state index in [-0.39, 0.29) is 25.3 Å². The number of carbonyl (C=O) groups excluding carboxylic acids is 1. The van der Waals surface area contributed by atoms with Crippen LogP contribution in [-0.4, -0.2) is 36.3 Å². The zero-order valence-corrected chi connectivity index (χ0v) is 14.5. The molecule has 25 heavy (non-hydrogen) atoms. The van der Waals surface area contributed by atoms with Crippen LogP contribution in [-0.2, 0) is 9.59 Å². The molecule has 0 aliphatic heterocycles. The van der Waals surface area contributed by atoms with Crippen LogP contribution in [0.1, 0.15) is 17.7 Å². The molecule has 3 N–H and O–H groups in total. The van der Waals surface area contributed by atoms with E-state index in [1.165, 1.54) is 11.3 Å². The molecule has 1 heterocycles. The van der Waals surface area contributed by atoms with Crippen molar-refractivity contribution >= 4 is 34.6 Å². The highest BCUT2D eigenvalue weighted by Crippen LogP contribution is 2.15. The van der Waals surface area contributed by atoms with Crippen molar-refractivity contribution < 1.29 is 19.4 Å². The van der Waals surface area contributed by atoms with E-state index >= 15 is 0 Å². The van der Waals surface area contributed by atoms with E-state index < -0.39 is 5.97 Å². The lowest BCUT2D eigenvalue weighted by molar-refractivity contribution is -0.136. The number of hydrogen-bond acceptors (Lipinski definition) is 6. The molecule has 1 aromatic carbocycles. The van der Waals surface area contributed by atoms with E-state index in [0.29, 0.717) is 5.71 Å². The summed E-state index contributed by atoms with van der Waals surface area (Å²) in [4.78, 5) is 23.5. The summed E-state index contributed by atoms with van der Waals surface area (Å²) in [5.74, 6) is -0.490. The summed E-state index contributed by atoms with van der Waals surface area (Å²) in [6, 6.07) is 10.9. The molecule has 0 saturated heterocycles. The number of ether oxygens (including phenoxy) is 1. The van der Waals surface area contributed by atoms with Crippen LogP contribution in [0.4, 0.5) is 5.69 Å². The molecule has 0 saturated carbocycles. The second kappa shape index (κ2) is 9.43. The maximum absolute atomic E-state index is 11.9. The molecule has 7 nitrogen and oxygen atoms in total. The molecule has 0 spiro atoms. The number of amides is 1. The van der Waals surface area contributed by atoms with E-state index in [0.717, 1.165) is 16.3 Å². The second-order valence-electron chi connectivity index (χ2n) is 5.05. The van der Waals surface area contributed by atoms with Gasteiger partial charge in [-0.1, -0.05) is 6.07 Å². The Morgan fingerprint density at radius 1 is 1.20 bits per heavy atom. The maximum Gasteiger partial charge on any atom is 0.303 e. The largest absolute Gasteiger partial charge is 0.497 e. The third-order valence-corrected chi connectivity index (χ3v) is 4.16. The van der Waals surface area contributed by atoms with Gasteiger partial charge in [-0.05, 0) is 35.7 Å². The summed E-state index contributed by atoms with van der Waals surface area (Å²) in [5, 5.41) is 17.8. The van der Waals surface area contributed by atoms with Crippen molar-refractivity contribution in [2.75, 3.05) is 19.0 Å². The van der Waals surface area contributed by atoms with Gasteiger partial charge in [-0.2, -0.15) is 5.10 Å². The minimum atomic E-state index is -0.906. The van der Waals surface area contributed by atoms with Crippen LogP contribution in [0.3, 0.4) is 0 Å². The summed E-state index contributed by atoms with van der Waals surface area (Å²) >= 11 is 1.45. The first-order valence-electron chi connectivity index (χ1n) is 7.57. The van der Waals surface area contributed by atoms with E-state index in [4.69, 9.17) is 9.84 Å². The van der Waals surface area contributed by atoms with E-state index in [1.807, 2.05) is 17.5 Å². The number of benzene rings is 1. The number of nitrogens with one attached hydrogen (secondary N) is 2. The van der Waals surface area contributed by atoms with Gasteiger partial charge < -0.3 is 15.2 Å². The lowest BCUT2D eigenvalue weighted by Gasteiger charge is -2.07. The number of thiophene rings is 1. The molecule has 0 aliphatic rings. The summed E-state index contributed by atoms with van der Waals surface area (Å²) in [5.41, 5.74) is 3.80. The molecule has 1 amide bonds. The van der Waals surface area contributed by atoms with Crippen LogP contribution in [0.2, 0.25) is 0 Å². The fourth-order valence-corrected chi connectivity index (χ4v) is 2.71. The summed E-state index contributed by atoms with van der Waals surface area (Å²) in [7, 11) is 1.59.